The summed E-state index contributed by atoms with van der Waals surface area (Å²) in [5, 5.41) is 2.28. The van der Waals surface area contributed by atoms with Crippen LogP contribution in [0.3, 0.4) is 0 Å². The Morgan fingerprint density at radius 1 is 1.38 bits per heavy atom. The first-order valence-corrected chi connectivity index (χ1v) is 7.79. The molecular formula is C11H11ClF3NO4S. The highest BCUT2D eigenvalue weighted by Crippen LogP contribution is 2.22. The van der Waals surface area contributed by atoms with Crippen molar-refractivity contribution >= 4 is 31.3 Å². The van der Waals surface area contributed by atoms with Gasteiger partial charge in [0.25, 0.3) is 9.05 Å². The van der Waals surface area contributed by atoms with E-state index in [4.69, 9.17) is 10.7 Å². The minimum Gasteiger partial charge on any atom is -0.362 e. The third-order valence-electron chi connectivity index (χ3n) is 2.22. The van der Waals surface area contributed by atoms with Gasteiger partial charge in [0.05, 0.1) is 4.90 Å². The van der Waals surface area contributed by atoms with Gasteiger partial charge in [-0.3, -0.25) is 4.79 Å². The smallest absolute Gasteiger partial charge is 0.362 e. The minimum atomic E-state index is -4.51. The molecule has 0 bridgehead atoms. The number of alkyl halides is 3. The Labute approximate surface area is 123 Å². The van der Waals surface area contributed by atoms with E-state index in [1.165, 1.54) is 25.1 Å². The largest absolute Gasteiger partial charge is 0.411 e. The Kier molecular flexibility index (Phi) is 5.60. The predicted molar refractivity (Wildman–Crippen MR) is 69.7 cm³/mol. The number of nitrogens with one attached hydrogen (secondary N) is 1. The molecule has 0 atom stereocenters. The fourth-order valence-corrected chi connectivity index (χ4v) is 2.65. The molecule has 118 valence electrons. The van der Waals surface area contributed by atoms with Crippen molar-refractivity contribution in [1.82, 2.24) is 0 Å². The van der Waals surface area contributed by atoms with Crippen LogP contribution in [0, 0.1) is 6.92 Å². The number of ether oxygens (including phenoxy) is 1. The molecule has 0 aliphatic heterocycles. The zero-order valence-electron chi connectivity index (χ0n) is 10.7. The zero-order valence-corrected chi connectivity index (χ0v) is 12.3. The molecule has 0 saturated heterocycles. The predicted octanol–water partition coefficient (Wildman–Crippen LogP) is 2.44. The molecule has 5 nitrogen and oxygen atoms in total. The van der Waals surface area contributed by atoms with Crippen molar-refractivity contribution in [2.45, 2.75) is 18.0 Å². The minimum absolute atomic E-state index is 0.115. The Morgan fingerprint density at radius 3 is 2.48 bits per heavy atom. The van der Waals surface area contributed by atoms with Crippen LogP contribution in [0.25, 0.3) is 0 Å². The lowest BCUT2D eigenvalue weighted by Gasteiger charge is -2.09. The van der Waals surface area contributed by atoms with Crippen LogP contribution in [0.15, 0.2) is 23.1 Å². The highest BCUT2D eigenvalue weighted by Gasteiger charge is 2.27. The number of halogens is 4. The summed E-state index contributed by atoms with van der Waals surface area (Å²) in [6, 6.07) is 3.78. The van der Waals surface area contributed by atoms with Gasteiger partial charge in [-0.05, 0) is 30.7 Å². The summed E-state index contributed by atoms with van der Waals surface area (Å²) < 4.78 is 62.0. The van der Waals surface area contributed by atoms with Crippen LogP contribution in [0.1, 0.15) is 5.56 Å². The molecule has 0 aliphatic rings. The third-order valence-corrected chi connectivity index (χ3v) is 3.70. The van der Waals surface area contributed by atoms with E-state index in [1.807, 2.05) is 0 Å². The number of anilines is 1. The fourth-order valence-electron chi connectivity index (χ4n) is 1.46. The average Bonchev–Trinajstić information content (AvgIpc) is 2.24. The summed E-state index contributed by atoms with van der Waals surface area (Å²) in [4.78, 5) is 11.2. The van der Waals surface area contributed by atoms with E-state index in [9.17, 15) is 26.4 Å². The molecule has 10 heteroatoms. The van der Waals surface area contributed by atoms with E-state index in [1.54, 1.807) is 0 Å². The first-order chi connectivity index (χ1) is 9.49. The number of aryl methyl sites for hydroxylation is 1. The number of benzene rings is 1. The lowest BCUT2D eigenvalue weighted by atomic mass is 10.2. The quantitative estimate of drug-likeness (QED) is 0.832. The molecule has 0 fully saturated rings. The van der Waals surface area contributed by atoms with E-state index < -0.39 is 34.3 Å². The van der Waals surface area contributed by atoms with E-state index >= 15 is 0 Å². The highest BCUT2D eigenvalue weighted by atomic mass is 35.7. The average molecular weight is 346 g/mol. The van der Waals surface area contributed by atoms with Crippen LogP contribution in [0.5, 0.6) is 0 Å². The molecule has 0 aromatic heterocycles. The number of hydrogen-bond acceptors (Lipinski definition) is 4. The van der Waals surface area contributed by atoms with Crippen LogP contribution < -0.4 is 5.32 Å². The summed E-state index contributed by atoms with van der Waals surface area (Å²) in [5.74, 6) is -0.792. The third kappa shape index (κ3) is 6.32. The highest BCUT2D eigenvalue weighted by molar-refractivity contribution is 8.13. The van der Waals surface area contributed by atoms with Gasteiger partial charge in [0, 0.05) is 16.4 Å². The van der Waals surface area contributed by atoms with Crippen molar-refractivity contribution < 1.29 is 31.1 Å². The Morgan fingerprint density at radius 2 is 2.00 bits per heavy atom. The van der Waals surface area contributed by atoms with Crippen molar-refractivity contribution in [2.75, 3.05) is 18.5 Å². The number of amides is 1. The van der Waals surface area contributed by atoms with Crippen molar-refractivity contribution in [3.8, 4) is 0 Å². The monoisotopic (exact) mass is 345 g/mol. The van der Waals surface area contributed by atoms with Crippen LogP contribution in [-0.2, 0) is 18.6 Å². The topological polar surface area (TPSA) is 72.5 Å². The molecule has 1 rings (SSSR count). The maximum Gasteiger partial charge on any atom is 0.411 e. The van der Waals surface area contributed by atoms with Crippen molar-refractivity contribution in [1.29, 1.82) is 0 Å². The molecular weight excluding hydrogens is 335 g/mol. The maximum absolute atomic E-state index is 11.8. The SMILES string of the molecule is Cc1cc(NC(=O)COCC(F)(F)F)ccc1S(=O)(=O)Cl. The van der Waals surface area contributed by atoms with Gasteiger partial charge in [-0.25, -0.2) is 8.42 Å². The molecule has 0 heterocycles. The Hall–Kier alpha value is -1.32. The van der Waals surface area contributed by atoms with Crippen molar-refractivity contribution in [3.05, 3.63) is 23.8 Å². The van der Waals surface area contributed by atoms with Gasteiger partial charge in [-0.2, -0.15) is 13.2 Å². The number of carbonyl (C=O) groups is 1. The summed E-state index contributed by atoms with van der Waals surface area (Å²) in [6.45, 7) is -0.831. The molecule has 0 radical (unpaired) electrons. The molecule has 0 aliphatic carbocycles. The molecule has 1 aromatic carbocycles. The van der Waals surface area contributed by atoms with Gasteiger partial charge in [0.2, 0.25) is 5.91 Å². The number of rotatable bonds is 5. The van der Waals surface area contributed by atoms with Gasteiger partial charge >= 0.3 is 6.18 Å². The first-order valence-electron chi connectivity index (χ1n) is 5.49. The van der Waals surface area contributed by atoms with E-state index in [2.05, 4.69) is 10.1 Å². The first kappa shape index (κ1) is 17.7. The van der Waals surface area contributed by atoms with E-state index in [0.29, 0.717) is 5.56 Å². The molecule has 0 spiro atoms. The fraction of sp³-hybridized carbons (Fsp3) is 0.364. The number of carbonyl (C=O) groups excluding carboxylic acids is 1. The second kappa shape index (κ2) is 6.63. The zero-order chi connectivity index (χ0) is 16.3. The van der Waals surface area contributed by atoms with Crippen molar-refractivity contribution in [3.63, 3.8) is 0 Å². The Balaban J connectivity index is 2.64. The summed E-state index contributed by atoms with van der Waals surface area (Å²) in [7, 11) is 1.29. The normalized spacial score (nSPS) is 12.2. The van der Waals surface area contributed by atoms with Gasteiger partial charge in [-0.1, -0.05) is 0 Å². The lowest BCUT2D eigenvalue weighted by molar-refractivity contribution is -0.174. The van der Waals surface area contributed by atoms with Crippen LogP contribution in [0.4, 0.5) is 18.9 Å². The summed E-state index contributed by atoms with van der Waals surface area (Å²) in [5.41, 5.74) is 0.510. The summed E-state index contributed by atoms with van der Waals surface area (Å²) >= 11 is 0. The molecule has 1 aromatic rings. The summed E-state index contributed by atoms with van der Waals surface area (Å²) in [6.07, 6.45) is -4.51. The van der Waals surface area contributed by atoms with E-state index in [-0.39, 0.29) is 10.6 Å². The molecule has 1 N–H and O–H groups in total. The lowest BCUT2D eigenvalue weighted by Crippen LogP contribution is -2.24. The van der Waals surface area contributed by atoms with Gasteiger partial charge in [0.15, 0.2) is 0 Å². The number of hydrogen-bond donors (Lipinski definition) is 1. The van der Waals surface area contributed by atoms with Crippen LogP contribution in [-0.4, -0.2) is 33.7 Å². The molecule has 1 amide bonds. The van der Waals surface area contributed by atoms with Crippen LogP contribution in [0.2, 0.25) is 0 Å². The standard InChI is InChI=1S/C11H11ClF3NO4S/c1-7-4-8(2-3-9(7)21(12,18)19)16-10(17)5-20-6-11(13,14)15/h2-4H,5-6H2,1H3,(H,16,17). The molecule has 21 heavy (non-hydrogen) atoms. The van der Waals surface area contributed by atoms with Crippen LogP contribution >= 0.6 is 10.7 Å². The Bertz CT molecular complexity index is 631. The van der Waals surface area contributed by atoms with Gasteiger partial charge in [0.1, 0.15) is 13.2 Å². The second-order valence-corrected chi connectivity index (χ2v) is 6.61. The molecule has 0 saturated carbocycles. The maximum atomic E-state index is 11.8. The van der Waals surface area contributed by atoms with Gasteiger partial charge in [-0.15, -0.1) is 0 Å². The second-order valence-electron chi connectivity index (χ2n) is 4.07. The van der Waals surface area contributed by atoms with Gasteiger partial charge < -0.3 is 10.1 Å². The molecule has 0 unspecified atom stereocenters. The van der Waals surface area contributed by atoms with E-state index in [0.717, 1.165) is 0 Å². The van der Waals surface area contributed by atoms with Crippen molar-refractivity contribution in [2.24, 2.45) is 0 Å².